The molecule has 0 radical (unpaired) electrons. The van der Waals surface area contributed by atoms with Crippen LogP contribution in [0.3, 0.4) is 0 Å². The number of carbonyl (C=O) groups excluding carboxylic acids is 1. The fourth-order valence-electron chi connectivity index (χ4n) is 3.10. The third kappa shape index (κ3) is 6.09. The number of benzene rings is 1. The van der Waals surface area contributed by atoms with Crippen LogP contribution in [-0.2, 0) is 11.3 Å². The van der Waals surface area contributed by atoms with Gasteiger partial charge in [0.15, 0.2) is 5.96 Å². The molecule has 2 aromatic rings. The molecule has 3 rings (SSSR count). The molecule has 30 heavy (non-hydrogen) atoms. The van der Waals surface area contributed by atoms with E-state index in [0.717, 1.165) is 18.5 Å². The lowest BCUT2D eigenvalue weighted by Crippen LogP contribution is -2.44. The normalized spacial score (nSPS) is 17.2. The molecule has 1 saturated heterocycles. The Bertz CT molecular complexity index is 908. The van der Waals surface area contributed by atoms with Crippen molar-refractivity contribution in [1.29, 1.82) is 0 Å². The highest BCUT2D eigenvalue weighted by atomic mass is 35.5. The number of halogens is 1. The number of amides is 1. The van der Waals surface area contributed by atoms with E-state index in [1.54, 1.807) is 19.2 Å². The lowest BCUT2D eigenvalue weighted by Gasteiger charge is -2.23. The van der Waals surface area contributed by atoms with Crippen LogP contribution >= 0.6 is 11.6 Å². The third-order valence-electron chi connectivity index (χ3n) is 4.37. The number of rotatable bonds is 4. The van der Waals surface area contributed by atoms with Crippen LogP contribution in [0.25, 0.3) is 11.4 Å². The summed E-state index contributed by atoms with van der Waals surface area (Å²) in [5.41, 5.74) is 0.269. The van der Waals surface area contributed by atoms with Gasteiger partial charge in [0.2, 0.25) is 11.7 Å². The Labute approximate surface area is 180 Å². The molecule has 0 saturated carbocycles. The van der Waals surface area contributed by atoms with Gasteiger partial charge >= 0.3 is 6.09 Å². The number of likely N-dealkylation sites (tertiary alicyclic amines) is 1. The summed E-state index contributed by atoms with van der Waals surface area (Å²) < 4.78 is 10.6. The van der Waals surface area contributed by atoms with E-state index in [0.29, 0.717) is 35.8 Å². The predicted molar refractivity (Wildman–Crippen MR) is 114 cm³/mol. The van der Waals surface area contributed by atoms with Crippen molar-refractivity contribution in [2.45, 2.75) is 45.4 Å². The Morgan fingerprint density at radius 1 is 1.43 bits per heavy atom. The monoisotopic (exact) mass is 434 g/mol. The van der Waals surface area contributed by atoms with E-state index in [1.807, 2.05) is 32.9 Å². The number of nitrogens with one attached hydrogen (secondary N) is 2. The van der Waals surface area contributed by atoms with Crippen molar-refractivity contribution in [3.63, 3.8) is 0 Å². The number of guanidine groups is 1. The number of aliphatic imine (C=N–C) groups is 1. The van der Waals surface area contributed by atoms with Crippen molar-refractivity contribution in [2.24, 2.45) is 4.99 Å². The predicted octanol–water partition coefficient (Wildman–Crippen LogP) is 3.06. The lowest BCUT2D eigenvalue weighted by molar-refractivity contribution is 0.0507. The van der Waals surface area contributed by atoms with E-state index in [1.165, 1.54) is 0 Å². The van der Waals surface area contributed by atoms with Gasteiger partial charge in [-0.15, -0.1) is 0 Å². The fraction of sp³-hybridized carbons (Fsp3) is 0.500. The number of alkyl carbamates (subject to hydrolysis) is 1. The van der Waals surface area contributed by atoms with Crippen molar-refractivity contribution < 1.29 is 14.1 Å². The maximum absolute atomic E-state index is 12.0. The van der Waals surface area contributed by atoms with Gasteiger partial charge in [0.05, 0.1) is 12.6 Å². The standard InChI is InChI=1S/C20H27ClN6O3/c1-20(2,3)29-19(28)24-15-8-9-27(12-15)18(22-4)23-11-16-25-17(26-30-16)13-6-5-7-14(21)10-13/h5-7,10,15H,8-9,11-12H2,1-4H3,(H,22,23)(H,24,28). The zero-order chi connectivity index (χ0) is 21.7. The zero-order valence-electron chi connectivity index (χ0n) is 17.6. The Hall–Kier alpha value is -2.81. The van der Waals surface area contributed by atoms with Crippen LogP contribution in [0.5, 0.6) is 0 Å². The average Bonchev–Trinajstić information content (AvgIpc) is 3.31. The molecule has 9 nitrogen and oxygen atoms in total. The summed E-state index contributed by atoms with van der Waals surface area (Å²) in [7, 11) is 1.71. The number of ether oxygens (including phenoxy) is 1. The maximum atomic E-state index is 12.0. The fourth-order valence-corrected chi connectivity index (χ4v) is 3.29. The van der Waals surface area contributed by atoms with Crippen molar-refractivity contribution in [1.82, 2.24) is 25.7 Å². The highest BCUT2D eigenvalue weighted by Gasteiger charge is 2.28. The Kier molecular flexibility index (Phi) is 6.81. The quantitative estimate of drug-likeness (QED) is 0.562. The minimum atomic E-state index is -0.520. The Morgan fingerprint density at radius 2 is 2.23 bits per heavy atom. The van der Waals surface area contributed by atoms with Gasteiger partial charge in [0.25, 0.3) is 0 Å². The average molecular weight is 435 g/mol. The lowest BCUT2D eigenvalue weighted by atomic mass is 10.2. The van der Waals surface area contributed by atoms with Crippen LogP contribution in [0.2, 0.25) is 5.02 Å². The Balaban J connectivity index is 1.51. The van der Waals surface area contributed by atoms with Crippen LogP contribution in [0.4, 0.5) is 4.79 Å². The second-order valence-corrected chi connectivity index (χ2v) is 8.44. The third-order valence-corrected chi connectivity index (χ3v) is 4.60. The van der Waals surface area contributed by atoms with Crippen molar-refractivity contribution >= 4 is 23.7 Å². The first-order valence-corrected chi connectivity index (χ1v) is 10.1. The summed E-state index contributed by atoms with van der Waals surface area (Å²) in [5, 5.41) is 10.7. The van der Waals surface area contributed by atoms with Crippen molar-refractivity contribution in [3.05, 3.63) is 35.2 Å². The summed E-state index contributed by atoms with van der Waals surface area (Å²) in [6, 6.07) is 7.28. The van der Waals surface area contributed by atoms with Crippen LogP contribution in [0.1, 0.15) is 33.1 Å². The summed E-state index contributed by atoms with van der Waals surface area (Å²) in [6.07, 6.45) is 0.399. The molecule has 1 amide bonds. The number of carbonyl (C=O) groups is 1. The molecule has 1 unspecified atom stereocenters. The molecule has 1 aliphatic rings. The molecule has 0 aliphatic carbocycles. The van der Waals surface area contributed by atoms with Gasteiger partial charge in [-0.2, -0.15) is 4.98 Å². The van der Waals surface area contributed by atoms with E-state index in [-0.39, 0.29) is 6.04 Å². The molecule has 1 aliphatic heterocycles. The summed E-state index contributed by atoms with van der Waals surface area (Å²) in [5.74, 6) is 1.62. The van der Waals surface area contributed by atoms with Crippen LogP contribution < -0.4 is 10.6 Å². The number of aromatic nitrogens is 2. The van der Waals surface area contributed by atoms with E-state index >= 15 is 0 Å². The number of hydrogen-bond acceptors (Lipinski definition) is 6. The molecule has 2 heterocycles. The molecule has 10 heteroatoms. The van der Waals surface area contributed by atoms with Gasteiger partial charge in [-0.3, -0.25) is 4.99 Å². The topological polar surface area (TPSA) is 105 Å². The first-order valence-electron chi connectivity index (χ1n) is 9.77. The van der Waals surface area contributed by atoms with Gasteiger partial charge in [-0.1, -0.05) is 28.9 Å². The minimum absolute atomic E-state index is 0.00348. The van der Waals surface area contributed by atoms with Gasteiger partial charge < -0.3 is 24.8 Å². The number of nitrogens with zero attached hydrogens (tertiary/aromatic N) is 4. The molecule has 1 aromatic carbocycles. The summed E-state index contributed by atoms with van der Waals surface area (Å²) in [4.78, 5) is 22.8. The molecule has 2 N–H and O–H groups in total. The van der Waals surface area contributed by atoms with Gasteiger partial charge in [0.1, 0.15) is 5.60 Å². The first kappa shape index (κ1) is 21.9. The minimum Gasteiger partial charge on any atom is -0.444 e. The largest absolute Gasteiger partial charge is 0.444 e. The van der Waals surface area contributed by atoms with Gasteiger partial charge in [-0.25, -0.2) is 4.79 Å². The SMILES string of the molecule is CN=C(NCc1nc(-c2cccc(Cl)c2)no1)N1CCC(NC(=O)OC(C)(C)C)C1. The molecule has 1 atom stereocenters. The molecule has 162 valence electrons. The molecular formula is C20H27ClN6O3. The van der Waals surface area contributed by atoms with Crippen molar-refractivity contribution in [3.8, 4) is 11.4 Å². The second-order valence-electron chi connectivity index (χ2n) is 8.00. The van der Waals surface area contributed by atoms with Crippen LogP contribution in [0.15, 0.2) is 33.8 Å². The van der Waals surface area contributed by atoms with E-state index in [2.05, 4.69) is 30.7 Å². The van der Waals surface area contributed by atoms with Crippen molar-refractivity contribution in [2.75, 3.05) is 20.1 Å². The van der Waals surface area contributed by atoms with Gasteiger partial charge in [-0.05, 0) is 39.3 Å². The summed E-state index contributed by atoms with van der Waals surface area (Å²) >= 11 is 6.02. The molecule has 1 aromatic heterocycles. The van der Waals surface area contributed by atoms with E-state index in [9.17, 15) is 4.79 Å². The molecule has 1 fully saturated rings. The molecule has 0 spiro atoms. The molecule has 0 bridgehead atoms. The Morgan fingerprint density at radius 3 is 2.93 bits per heavy atom. The zero-order valence-corrected chi connectivity index (χ0v) is 18.4. The van der Waals surface area contributed by atoms with E-state index < -0.39 is 11.7 Å². The van der Waals surface area contributed by atoms with Crippen LogP contribution in [0, 0.1) is 0 Å². The highest BCUT2D eigenvalue weighted by Crippen LogP contribution is 2.20. The van der Waals surface area contributed by atoms with Gasteiger partial charge in [0, 0.05) is 30.7 Å². The smallest absolute Gasteiger partial charge is 0.407 e. The maximum Gasteiger partial charge on any atom is 0.407 e. The number of hydrogen-bond donors (Lipinski definition) is 2. The van der Waals surface area contributed by atoms with Crippen LogP contribution in [-0.4, -0.2) is 58.9 Å². The van der Waals surface area contributed by atoms with E-state index in [4.69, 9.17) is 20.9 Å². The first-order chi connectivity index (χ1) is 14.2. The molecular weight excluding hydrogens is 408 g/mol. The summed E-state index contributed by atoms with van der Waals surface area (Å²) in [6.45, 7) is 7.26. The second kappa shape index (κ2) is 9.34. The highest BCUT2D eigenvalue weighted by molar-refractivity contribution is 6.30.